The van der Waals surface area contributed by atoms with Crippen LogP contribution in [0.25, 0.3) is 0 Å². The van der Waals surface area contributed by atoms with Gasteiger partial charge in [-0.3, -0.25) is 9.59 Å². The Morgan fingerprint density at radius 2 is 2.05 bits per heavy atom. The minimum absolute atomic E-state index is 0.160. The third-order valence-electron chi connectivity index (χ3n) is 2.90. The van der Waals surface area contributed by atoms with E-state index in [0.717, 1.165) is 5.56 Å². The predicted molar refractivity (Wildman–Crippen MR) is 78.7 cm³/mol. The third kappa shape index (κ3) is 5.01. The van der Waals surface area contributed by atoms with Crippen LogP contribution in [0.5, 0.6) is 0 Å². The van der Waals surface area contributed by atoms with Crippen LogP contribution >= 0.6 is 0 Å². The van der Waals surface area contributed by atoms with Crippen LogP contribution in [0.4, 0.5) is 5.69 Å². The van der Waals surface area contributed by atoms with Crippen molar-refractivity contribution >= 4 is 17.5 Å². The van der Waals surface area contributed by atoms with Gasteiger partial charge in [0, 0.05) is 24.2 Å². The maximum Gasteiger partial charge on any atom is 0.251 e. The average molecular weight is 278 g/mol. The van der Waals surface area contributed by atoms with Gasteiger partial charge in [0.25, 0.3) is 5.91 Å². The van der Waals surface area contributed by atoms with Gasteiger partial charge in [0.2, 0.25) is 5.91 Å². The first-order valence-electron chi connectivity index (χ1n) is 6.80. The molecule has 0 saturated carbocycles. The first-order valence-corrected chi connectivity index (χ1v) is 6.80. The molecule has 3 N–H and O–H groups in total. The van der Waals surface area contributed by atoms with Crippen LogP contribution in [0, 0.1) is 6.92 Å². The fourth-order valence-electron chi connectivity index (χ4n) is 1.71. The monoisotopic (exact) mass is 278 g/mol. The normalized spacial score (nSPS) is 11.8. The number of benzene rings is 1. The van der Waals surface area contributed by atoms with Gasteiger partial charge in [-0.05, 0) is 44.9 Å². The number of carbonyl (C=O) groups is 2. The largest absolute Gasteiger partial charge is 0.393 e. The summed E-state index contributed by atoms with van der Waals surface area (Å²) >= 11 is 0. The number of aryl methyl sites for hydroxylation is 1. The van der Waals surface area contributed by atoms with E-state index in [1.165, 1.54) is 0 Å². The SMILES string of the molecule is CCNC(=O)c1ccc(C)c(NC(=O)CCC(C)O)c1. The highest BCUT2D eigenvalue weighted by Crippen LogP contribution is 2.17. The first-order chi connectivity index (χ1) is 9.43. The second kappa shape index (κ2) is 7.65. The van der Waals surface area contributed by atoms with E-state index in [0.29, 0.717) is 24.2 Å². The molecule has 0 aliphatic rings. The van der Waals surface area contributed by atoms with Crippen molar-refractivity contribution in [3.05, 3.63) is 29.3 Å². The van der Waals surface area contributed by atoms with Crippen LogP contribution in [0.15, 0.2) is 18.2 Å². The lowest BCUT2D eigenvalue weighted by atomic mass is 10.1. The van der Waals surface area contributed by atoms with Crippen molar-refractivity contribution < 1.29 is 14.7 Å². The number of hydrogen-bond acceptors (Lipinski definition) is 3. The van der Waals surface area contributed by atoms with E-state index in [1.54, 1.807) is 25.1 Å². The van der Waals surface area contributed by atoms with Crippen LogP contribution in [-0.4, -0.2) is 29.6 Å². The van der Waals surface area contributed by atoms with Gasteiger partial charge in [-0.1, -0.05) is 6.07 Å². The number of anilines is 1. The zero-order valence-corrected chi connectivity index (χ0v) is 12.2. The standard InChI is InChI=1S/C15H22N2O3/c1-4-16-15(20)12-7-5-10(2)13(9-12)17-14(19)8-6-11(3)18/h5,7,9,11,18H,4,6,8H2,1-3H3,(H,16,20)(H,17,19). The second-order valence-corrected chi connectivity index (χ2v) is 4.83. The molecule has 1 rings (SSSR count). The Morgan fingerprint density at radius 1 is 1.35 bits per heavy atom. The van der Waals surface area contributed by atoms with Gasteiger partial charge in [0.05, 0.1) is 6.10 Å². The number of hydrogen-bond donors (Lipinski definition) is 3. The van der Waals surface area contributed by atoms with Crippen molar-refractivity contribution in [3.63, 3.8) is 0 Å². The summed E-state index contributed by atoms with van der Waals surface area (Å²) in [6.07, 6.45) is 0.173. The highest BCUT2D eigenvalue weighted by Gasteiger charge is 2.10. The van der Waals surface area contributed by atoms with Gasteiger partial charge >= 0.3 is 0 Å². The Hall–Kier alpha value is -1.88. The number of rotatable bonds is 6. The Bertz CT molecular complexity index is 484. The van der Waals surface area contributed by atoms with Crippen molar-refractivity contribution in [2.45, 2.75) is 39.7 Å². The Labute approximate surface area is 119 Å². The lowest BCUT2D eigenvalue weighted by molar-refractivity contribution is -0.116. The van der Waals surface area contributed by atoms with E-state index in [-0.39, 0.29) is 18.2 Å². The van der Waals surface area contributed by atoms with Crippen LogP contribution in [0.1, 0.15) is 42.6 Å². The van der Waals surface area contributed by atoms with E-state index in [1.807, 2.05) is 13.8 Å². The van der Waals surface area contributed by atoms with Gasteiger partial charge in [-0.15, -0.1) is 0 Å². The van der Waals surface area contributed by atoms with Crippen molar-refractivity contribution in [2.24, 2.45) is 0 Å². The molecule has 20 heavy (non-hydrogen) atoms. The molecule has 0 saturated heterocycles. The zero-order chi connectivity index (χ0) is 15.1. The highest BCUT2D eigenvalue weighted by atomic mass is 16.3. The fraction of sp³-hybridized carbons (Fsp3) is 0.467. The quantitative estimate of drug-likeness (QED) is 0.743. The smallest absolute Gasteiger partial charge is 0.251 e. The molecule has 5 heteroatoms. The molecule has 1 aromatic carbocycles. The van der Waals surface area contributed by atoms with E-state index in [4.69, 9.17) is 5.11 Å². The minimum atomic E-state index is -0.497. The molecule has 2 amide bonds. The molecule has 110 valence electrons. The minimum Gasteiger partial charge on any atom is -0.393 e. The zero-order valence-electron chi connectivity index (χ0n) is 12.2. The van der Waals surface area contributed by atoms with Crippen LogP contribution < -0.4 is 10.6 Å². The molecule has 1 atom stereocenters. The summed E-state index contributed by atoms with van der Waals surface area (Å²) in [5, 5.41) is 14.7. The van der Waals surface area contributed by atoms with Crippen molar-refractivity contribution in [3.8, 4) is 0 Å². The maximum atomic E-state index is 11.8. The molecule has 0 aliphatic heterocycles. The van der Waals surface area contributed by atoms with E-state index in [2.05, 4.69) is 10.6 Å². The second-order valence-electron chi connectivity index (χ2n) is 4.83. The number of carbonyl (C=O) groups excluding carboxylic acids is 2. The third-order valence-corrected chi connectivity index (χ3v) is 2.90. The summed E-state index contributed by atoms with van der Waals surface area (Å²) in [6, 6.07) is 5.20. The molecular formula is C15H22N2O3. The van der Waals surface area contributed by atoms with Gasteiger partial charge in [0.15, 0.2) is 0 Å². The van der Waals surface area contributed by atoms with E-state index < -0.39 is 6.10 Å². The molecule has 0 heterocycles. The number of aliphatic hydroxyl groups excluding tert-OH is 1. The summed E-state index contributed by atoms with van der Waals surface area (Å²) in [6.45, 7) is 5.92. The molecule has 0 aromatic heterocycles. The summed E-state index contributed by atoms with van der Waals surface area (Å²) in [7, 11) is 0. The molecule has 0 fully saturated rings. The summed E-state index contributed by atoms with van der Waals surface area (Å²) in [5.41, 5.74) is 2.04. The molecular weight excluding hydrogens is 256 g/mol. The van der Waals surface area contributed by atoms with E-state index in [9.17, 15) is 9.59 Å². The van der Waals surface area contributed by atoms with Gasteiger partial charge in [0.1, 0.15) is 0 Å². The van der Waals surface area contributed by atoms with Crippen molar-refractivity contribution in [1.29, 1.82) is 0 Å². The number of aliphatic hydroxyl groups is 1. The number of nitrogens with one attached hydrogen (secondary N) is 2. The molecule has 5 nitrogen and oxygen atoms in total. The summed E-state index contributed by atoms with van der Waals surface area (Å²) < 4.78 is 0. The topological polar surface area (TPSA) is 78.4 Å². The lowest BCUT2D eigenvalue weighted by Gasteiger charge is -2.11. The van der Waals surface area contributed by atoms with Crippen LogP contribution in [0.3, 0.4) is 0 Å². The Morgan fingerprint density at radius 3 is 2.65 bits per heavy atom. The van der Waals surface area contributed by atoms with Gasteiger partial charge in [-0.25, -0.2) is 0 Å². The molecule has 0 bridgehead atoms. The van der Waals surface area contributed by atoms with Crippen molar-refractivity contribution in [2.75, 3.05) is 11.9 Å². The highest BCUT2D eigenvalue weighted by molar-refractivity contribution is 5.97. The fourth-order valence-corrected chi connectivity index (χ4v) is 1.71. The molecule has 0 spiro atoms. The van der Waals surface area contributed by atoms with Crippen molar-refractivity contribution in [1.82, 2.24) is 5.32 Å². The van der Waals surface area contributed by atoms with E-state index >= 15 is 0 Å². The maximum absolute atomic E-state index is 11.8. The molecule has 1 unspecified atom stereocenters. The van der Waals surface area contributed by atoms with Crippen LogP contribution in [-0.2, 0) is 4.79 Å². The van der Waals surface area contributed by atoms with Gasteiger partial charge in [-0.2, -0.15) is 0 Å². The first kappa shape index (κ1) is 16.2. The summed E-state index contributed by atoms with van der Waals surface area (Å²) in [5.74, 6) is -0.325. The Kier molecular flexibility index (Phi) is 6.18. The van der Waals surface area contributed by atoms with Crippen LogP contribution in [0.2, 0.25) is 0 Å². The molecule has 0 radical (unpaired) electrons. The lowest BCUT2D eigenvalue weighted by Crippen LogP contribution is -2.23. The number of amides is 2. The Balaban J connectivity index is 2.76. The molecule has 0 aliphatic carbocycles. The van der Waals surface area contributed by atoms with Gasteiger partial charge < -0.3 is 15.7 Å². The average Bonchev–Trinajstić information content (AvgIpc) is 2.39. The predicted octanol–water partition coefficient (Wildman–Crippen LogP) is 1.84. The molecule has 1 aromatic rings. The summed E-state index contributed by atoms with van der Waals surface area (Å²) in [4.78, 5) is 23.5.